The van der Waals surface area contributed by atoms with Gasteiger partial charge in [0.2, 0.25) is 0 Å². The molecule has 0 atom stereocenters. The molecule has 72 valence electrons. The summed E-state index contributed by atoms with van der Waals surface area (Å²) in [5, 5.41) is 21.3. The zero-order chi connectivity index (χ0) is 9.84. The molecule has 0 aliphatic rings. The molecule has 0 saturated heterocycles. The maximum atomic E-state index is 10.5. The Morgan fingerprint density at radius 2 is 2.31 bits per heavy atom. The van der Waals surface area contributed by atoms with Crippen LogP contribution in [0.5, 0.6) is 0 Å². The summed E-state index contributed by atoms with van der Waals surface area (Å²) in [4.78, 5) is 11.6. The molecule has 0 N–H and O–H groups in total. The molecule has 0 aliphatic heterocycles. The first-order valence-corrected chi connectivity index (χ1v) is 3.90. The van der Waals surface area contributed by atoms with Crippen LogP contribution in [0.15, 0.2) is 0 Å². The lowest BCUT2D eigenvalue weighted by molar-refractivity contribution is -0.517. The molecule has 1 rings (SSSR count). The molecule has 0 saturated carbocycles. The van der Waals surface area contributed by atoms with Crippen LogP contribution in [0, 0.1) is 10.1 Å². The minimum absolute atomic E-state index is 0.213. The summed E-state index contributed by atoms with van der Waals surface area (Å²) in [5.74, 6) is 0.471. The van der Waals surface area contributed by atoms with Gasteiger partial charge in [-0.25, -0.2) is 0 Å². The van der Waals surface area contributed by atoms with Gasteiger partial charge in [0, 0.05) is 16.4 Å². The van der Waals surface area contributed by atoms with Gasteiger partial charge in [-0.15, -0.1) is 0 Å². The van der Waals surface area contributed by atoms with E-state index in [4.69, 9.17) is 0 Å². The zero-order valence-electron chi connectivity index (χ0n) is 7.41. The fourth-order valence-electron chi connectivity index (χ4n) is 0.911. The lowest BCUT2D eigenvalue weighted by atomic mass is 10.5. The van der Waals surface area contributed by atoms with Gasteiger partial charge in [0.25, 0.3) is 5.82 Å². The smallest absolute Gasteiger partial charge is 0.268 e. The molecule has 0 aromatic carbocycles. The van der Waals surface area contributed by atoms with Crippen molar-refractivity contribution >= 4 is 0 Å². The third-order valence-corrected chi connectivity index (χ3v) is 1.52. The third kappa shape index (κ3) is 1.71. The van der Waals surface area contributed by atoms with E-state index in [1.165, 1.54) is 0 Å². The number of nitrogens with zero attached hydrogens (tertiary/aromatic N) is 6. The van der Waals surface area contributed by atoms with E-state index in [1.54, 1.807) is 6.92 Å². The van der Waals surface area contributed by atoms with Crippen molar-refractivity contribution in [1.29, 1.82) is 0 Å². The van der Waals surface area contributed by atoms with E-state index in [1.807, 2.05) is 6.92 Å². The number of hydrazine groups is 1. The monoisotopic (exact) mass is 186 g/mol. The lowest BCUT2D eigenvalue weighted by Crippen LogP contribution is -2.41. The molecule has 13 heavy (non-hydrogen) atoms. The van der Waals surface area contributed by atoms with Crippen LogP contribution in [-0.2, 0) is 6.42 Å². The number of tetrazole rings is 1. The second kappa shape index (κ2) is 3.78. The molecule has 1 aromatic heterocycles. The quantitative estimate of drug-likeness (QED) is 0.460. The van der Waals surface area contributed by atoms with Gasteiger partial charge < -0.3 is 10.1 Å². The maximum absolute atomic E-state index is 10.5. The second-order valence-electron chi connectivity index (χ2n) is 2.26. The first-order chi connectivity index (χ1) is 6.20. The summed E-state index contributed by atoms with van der Waals surface area (Å²) in [5.41, 5.74) is 0. The summed E-state index contributed by atoms with van der Waals surface area (Å²) in [6.45, 7) is 3.70. The highest BCUT2D eigenvalue weighted by atomic mass is 16.7. The van der Waals surface area contributed by atoms with Gasteiger partial charge in [-0.05, 0) is 12.0 Å². The van der Waals surface area contributed by atoms with E-state index < -0.39 is 5.03 Å². The van der Waals surface area contributed by atoms with Crippen LogP contribution in [0.2, 0.25) is 0 Å². The summed E-state index contributed by atoms with van der Waals surface area (Å²) in [6.07, 6.45) is 0.553. The van der Waals surface area contributed by atoms with Gasteiger partial charge in [0.15, 0.2) is 0 Å². The molecule has 0 fully saturated rings. The van der Waals surface area contributed by atoms with Crippen LogP contribution in [0.25, 0.3) is 0 Å². The van der Waals surface area contributed by atoms with Gasteiger partial charge in [-0.2, -0.15) is 0 Å². The van der Waals surface area contributed by atoms with Crippen molar-refractivity contribution < 1.29 is 5.03 Å². The fraction of sp³-hybridized carbons (Fsp3) is 0.800. The zero-order valence-corrected chi connectivity index (χ0v) is 7.41. The SMILES string of the molecule is CCc1nnnn1N(CC)[N+](=O)[O-]. The number of aryl methyl sites for hydroxylation is 1. The van der Waals surface area contributed by atoms with Crippen molar-refractivity contribution in [2.24, 2.45) is 0 Å². The Labute approximate surface area is 74.2 Å². The van der Waals surface area contributed by atoms with E-state index in [2.05, 4.69) is 15.5 Å². The van der Waals surface area contributed by atoms with Gasteiger partial charge in [-0.3, -0.25) is 0 Å². The Morgan fingerprint density at radius 3 is 2.77 bits per heavy atom. The van der Waals surface area contributed by atoms with Crippen LogP contribution >= 0.6 is 0 Å². The number of hydrogen-bond donors (Lipinski definition) is 0. The molecule has 1 aromatic rings. The third-order valence-electron chi connectivity index (χ3n) is 1.52. The van der Waals surface area contributed by atoms with Crippen LogP contribution in [0.1, 0.15) is 19.7 Å². The van der Waals surface area contributed by atoms with Gasteiger partial charge in [-0.1, -0.05) is 12.0 Å². The highest BCUT2D eigenvalue weighted by Gasteiger charge is 2.20. The number of rotatable bonds is 4. The van der Waals surface area contributed by atoms with E-state index >= 15 is 0 Å². The molecule has 0 unspecified atom stereocenters. The fourth-order valence-corrected chi connectivity index (χ4v) is 0.911. The molecule has 1 heterocycles. The second-order valence-corrected chi connectivity index (χ2v) is 2.26. The van der Waals surface area contributed by atoms with Crippen molar-refractivity contribution in [1.82, 2.24) is 20.3 Å². The van der Waals surface area contributed by atoms with Crippen LogP contribution in [0.3, 0.4) is 0 Å². The van der Waals surface area contributed by atoms with Gasteiger partial charge >= 0.3 is 0 Å². The number of nitro groups is 1. The summed E-state index contributed by atoms with van der Waals surface area (Å²) >= 11 is 0. The molecular formula is C5H10N6O2. The predicted octanol–water partition coefficient (Wildman–Crippen LogP) is -0.615. The summed E-state index contributed by atoms with van der Waals surface area (Å²) in [7, 11) is 0. The standard InChI is InChI=1S/C5H10N6O2/c1-3-5-6-7-8-10(5)9(4-2)11(12)13/h3-4H2,1-2H3. The molecule has 0 aliphatic carbocycles. The van der Waals surface area contributed by atoms with Crippen molar-refractivity contribution in [2.45, 2.75) is 20.3 Å². The Kier molecular flexibility index (Phi) is 2.72. The van der Waals surface area contributed by atoms with Crippen LogP contribution < -0.4 is 5.12 Å². The molecule has 0 spiro atoms. The number of hydrogen-bond acceptors (Lipinski definition) is 5. The van der Waals surface area contributed by atoms with Gasteiger partial charge in [0.05, 0.1) is 16.8 Å². The molecule has 0 radical (unpaired) electrons. The average Bonchev–Trinajstić information content (AvgIpc) is 2.53. The molecule has 0 amide bonds. The highest BCUT2D eigenvalue weighted by molar-refractivity contribution is 4.83. The van der Waals surface area contributed by atoms with Crippen LogP contribution in [0.4, 0.5) is 0 Å². The summed E-state index contributed by atoms with van der Waals surface area (Å²) in [6, 6.07) is 0. The largest absolute Gasteiger partial charge is 0.339 e. The molecule has 8 nitrogen and oxygen atoms in total. The minimum Gasteiger partial charge on any atom is -0.339 e. The molecule has 0 bridgehead atoms. The average molecular weight is 186 g/mol. The maximum Gasteiger partial charge on any atom is 0.268 e. The highest BCUT2D eigenvalue weighted by Crippen LogP contribution is 1.95. The minimum atomic E-state index is -0.546. The van der Waals surface area contributed by atoms with Crippen molar-refractivity contribution in [3.8, 4) is 0 Å². The molecular weight excluding hydrogens is 176 g/mol. The molecule has 8 heteroatoms. The van der Waals surface area contributed by atoms with Crippen LogP contribution in [-0.4, -0.2) is 31.9 Å². The lowest BCUT2D eigenvalue weighted by Gasteiger charge is -2.11. The Balaban J connectivity index is 2.96. The van der Waals surface area contributed by atoms with E-state index in [9.17, 15) is 10.1 Å². The topological polar surface area (TPSA) is 90.0 Å². The Hall–Kier alpha value is -1.73. The van der Waals surface area contributed by atoms with Crippen molar-refractivity contribution in [2.75, 3.05) is 11.7 Å². The van der Waals surface area contributed by atoms with E-state index in [0.717, 1.165) is 9.91 Å². The van der Waals surface area contributed by atoms with Crippen molar-refractivity contribution in [3.63, 3.8) is 0 Å². The number of aromatic nitrogens is 4. The predicted molar refractivity (Wildman–Crippen MR) is 42.9 cm³/mol. The summed E-state index contributed by atoms with van der Waals surface area (Å²) < 4.78 is 0. The normalized spacial score (nSPS) is 10.0. The van der Waals surface area contributed by atoms with Gasteiger partial charge in [0.1, 0.15) is 0 Å². The van der Waals surface area contributed by atoms with E-state index in [0.29, 0.717) is 12.2 Å². The first-order valence-electron chi connectivity index (χ1n) is 3.90. The Bertz CT molecular complexity index is 297. The van der Waals surface area contributed by atoms with E-state index in [-0.39, 0.29) is 6.54 Å². The first kappa shape index (κ1) is 9.36. The Morgan fingerprint density at radius 1 is 1.62 bits per heavy atom. The van der Waals surface area contributed by atoms with Crippen molar-refractivity contribution in [3.05, 3.63) is 15.9 Å².